The molecule has 16 heavy (non-hydrogen) atoms. The summed E-state index contributed by atoms with van der Waals surface area (Å²) < 4.78 is 3.70. The van der Waals surface area contributed by atoms with Crippen molar-refractivity contribution in [1.82, 2.24) is 0 Å². The van der Waals surface area contributed by atoms with Gasteiger partial charge in [-0.2, -0.15) is 0 Å². The topological polar surface area (TPSA) is 26.3 Å². The first-order valence-electron chi connectivity index (χ1n) is 5.68. The fourth-order valence-electron chi connectivity index (χ4n) is 1.36. The van der Waals surface area contributed by atoms with E-state index in [0.29, 0.717) is 19.4 Å². The molecule has 0 unspecified atom stereocenters. The monoisotopic (exact) mass is 288 g/mol. The molecule has 0 spiro atoms. The summed E-state index contributed by atoms with van der Waals surface area (Å²) in [6.45, 7) is 2.27. The van der Waals surface area contributed by atoms with E-state index in [1.807, 2.05) is 6.92 Å². The zero-order valence-corrected chi connectivity index (χ0v) is 11.9. The third-order valence-corrected chi connectivity index (χ3v) is 2.71. The Balaban J connectivity index is 3.19. The predicted octanol–water partition coefficient (Wildman–Crippen LogP) is 4.65. The van der Waals surface area contributed by atoms with Crippen LogP contribution in [0.15, 0.2) is 0 Å². The number of esters is 1. The van der Waals surface area contributed by atoms with Gasteiger partial charge in [-0.05, 0) is 26.2 Å². The van der Waals surface area contributed by atoms with Crippen molar-refractivity contribution in [2.24, 2.45) is 0 Å². The largest absolute Gasteiger partial charge is 0.466 e. The second kappa shape index (κ2) is 9.38. The maximum atomic E-state index is 11.0. The summed E-state index contributed by atoms with van der Waals surface area (Å²) in [5, 5.41) is 0. The van der Waals surface area contributed by atoms with E-state index < -0.39 is 3.79 Å². The van der Waals surface area contributed by atoms with Gasteiger partial charge in [0.1, 0.15) is 0 Å². The van der Waals surface area contributed by atoms with Crippen LogP contribution in [-0.2, 0) is 9.53 Å². The molecule has 0 N–H and O–H groups in total. The van der Waals surface area contributed by atoms with Crippen molar-refractivity contribution in [1.29, 1.82) is 0 Å². The first kappa shape index (κ1) is 16.3. The molecule has 0 aliphatic heterocycles. The lowest BCUT2D eigenvalue weighted by atomic mass is 10.1. The highest BCUT2D eigenvalue weighted by atomic mass is 35.6. The van der Waals surface area contributed by atoms with Gasteiger partial charge in [0, 0.05) is 6.42 Å². The van der Waals surface area contributed by atoms with Crippen LogP contribution >= 0.6 is 34.8 Å². The van der Waals surface area contributed by atoms with E-state index in [4.69, 9.17) is 39.5 Å². The molecule has 0 fully saturated rings. The molecule has 0 aromatic heterocycles. The zero-order chi connectivity index (χ0) is 12.4. The summed E-state index contributed by atoms with van der Waals surface area (Å²) in [5.74, 6) is -0.108. The lowest BCUT2D eigenvalue weighted by Gasteiger charge is -2.09. The van der Waals surface area contributed by atoms with E-state index in [1.165, 1.54) is 0 Å². The molecule has 0 amide bonds. The summed E-state index contributed by atoms with van der Waals surface area (Å²) in [6, 6.07) is 0. The maximum Gasteiger partial charge on any atom is 0.305 e. The molecular weight excluding hydrogens is 270 g/mol. The molecule has 0 aliphatic rings. The van der Waals surface area contributed by atoms with Crippen LogP contribution in [0.3, 0.4) is 0 Å². The van der Waals surface area contributed by atoms with Crippen molar-refractivity contribution < 1.29 is 9.53 Å². The van der Waals surface area contributed by atoms with Crippen LogP contribution in [0.1, 0.15) is 51.9 Å². The summed E-state index contributed by atoms with van der Waals surface area (Å²) in [5.41, 5.74) is 0. The van der Waals surface area contributed by atoms with E-state index in [0.717, 1.165) is 32.1 Å². The molecule has 0 rings (SSSR count). The van der Waals surface area contributed by atoms with Crippen LogP contribution in [-0.4, -0.2) is 16.4 Å². The van der Waals surface area contributed by atoms with Crippen molar-refractivity contribution in [3.05, 3.63) is 0 Å². The Hall–Kier alpha value is 0.340. The quantitative estimate of drug-likeness (QED) is 0.369. The van der Waals surface area contributed by atoms with Gasteiger partial charge in [-0.1, -0.05) is 54.1 Å². The van der Waals surface area contributed by atoms with Gasteiger partial charge in [0.05, 0.1) is 6.61 Å². The SMILES string of the molecule is CCOC(=O)CCCCCCCC(Cl)(Cl)Cl. The molecule has 0 saturated heterocycles. The van der Waals surface area contributed by atoms with Crippen LogP contribution in [0.4, 0.5) is 0 Å². The Kier molecular flexibility index (Phi) is 9.58. The molecule has 0 atom stereocenters. The minimum atomic E-state index is -1.12. The fourth-order valence-corrected chi connectivity index (χ4v) is 1.76. The van der Waals surface area contributed by atoms with Crippen molar-refractivity contribution in [2.45, 2.75) is 55.7 Å². The van der Waals surface area contributed by atoms with E-state index >= 15 is 0 Å². The predicted molar refractivity (Wildman–Crippen MR) is 69.2 cm³/mol. The van der Waals surface area contributed by atoms with Crippen LogP contribution in [0, 0.1) is 0 Å². The molecule has 0 heterocycles. The Bertz CT molecular complexity index is 190. The number of ether oxygens (including phenoxy) is 1. The van der Waals surface area contributed by atoms with E-state index in [-0.39, 0.29) is 5.97 Å². The molecule has 0 radical (unpaired) electrons. The van der Waals surface area contributed by atoms with E-state index in [1.54, 1.807) is 0 Å². The molecular formula is C11H19Cl3O2. The Morgan fingerprint density at radius 1 is 1.06 bits per heavy atom. The van der Waals surface area contributed by atoms with Gasteiger partial charge in [0.2, 0.25) is 0 Å². The number of rotatable bonds is 8. The smallest absolute Gasteiger partial charge is 0.305 e. The van der Waals surface area contributed by atoms with Crippen LogP contribution in [0.5, 0.6) is 0 Å². The highest BCUT2D eigenvalue weighted by Crippen LogP contribution is 2.32. The zero-order valence-electron chi connectivity index (χ0n) is 9.61. The normalized spacial score (nSPS) is 11.5. The van der Waals surface area contributed by atoms with Crippen LogP contribution in [0.2, 0.25) is 0 Å². The Morgan fingerprint density at radius 3 is 2.19 bits per heavy atom. The summed E-state index contributed by atoms with van der Waals surface area (Å²) in [6.07, 6.45) is 6.03. The number of hydrogen-bond acceptors (Lipinski definition) is 2. The minimum absolute atomic E-state index is 0.108. The van der Waals surface area contributed by atoms with Gasteiger partial charge in [-0.15, -0.1) is 0 Å². The van der Waals surface area contributed by atoms with Gasteiger partial charge < -0.3 is 4.74 Å². The molecule has 2 nitrogen and oxygen atoms in total. The van der Waals surface area contributed by atoms with Gasteiger partial charge in [-0.3, -0.25) is 4.79 Å². The molecule has 96 valence electrons. The molecule has 0 aromatic rings. The average molecular weight is 290 g/mol. The van der Waals surface area contributed by atoms with Crippen molar-refractivity contribution >= 4 is 40.8 Å². The second-order valence-electron chi connectivity index (χ2n) is 3.69. The average Bonchev–Trinajstić information content (AvgIpc) is 2.15. The van der Waals surface area contributed by atoms with Gasteiger partial charge in [0.15, 0.2) is 3.79 Å². The highest BCUT2D eigenvalue weighted by Gasteiger charge is 2.17. The number of carbonyl (C=O) groups excluding carboxylic acids is 1. The standard InChI is InChI=1S/C11H19Cl3O2/c1-2-16-10(15)8-6-4-3-5-7-9-11(12,13)14/h2-9H2,1H3. The lowest BCUT2D eigenvalue weighted by molar-refractivity contribution is -0.143. The van der Waals surface area contributed by atoms with Crippen molar-refractivity contribution in [3.8, 4) is 0 Å². The summed E-state index contributed by atoms with van der Waals surface area (Å²) >= 11 is 16.9. The third kappa shape index (κ3) is 12.4. The number of hydrogen-bond donors (Lipinski definition) is 0. The van der Waals surface area contributed by atoms with Crippen LogP contribution < -0.4 is 0 Å². The van der Waals surface area contributed by atoms with Crippen molar-refractivity contribution in [2.75, 3.05) is 6.61 Å². The fraction of sp³-hybridized carbons (Fsp3) is 0.909. The second-order valence-corrected chi connectivity index (χ2v) is 6.20. The number of unbranched alkanes of at least 4 members (excludes halogenated alkanes) is 4. The molecule has 0 bridgehead atoms. The molecule has 5 heteroatoms. The lowest BCUT2D eigenvalue weighted by Crippen LogP contribution is -2.03. The molecule has 0 aliphatic carbocycles. The Labute approximate surface area is 113 Å². The van der Waals surface area contributed by atoms with Crippen LogP contribution in [0.25, 0.3) is 0 Å². The first-order chi connectivity index (χ1) is 7.45. The first-order valence-corrected chi connectivity index (χ1v) is 6.81. The van der Waals surface area contributed by atoms with E-state index in [2.05, 4.69) is 0 Å². The number of carbonyl (C=O) groups is 1. The number of halogens is 3. The van der Waals surface area contributed by atoms with E-state index in [9.17, 15) is 4.79 Å². The number of alkyl halides is 3. The van der Waals surface area contributed by atoms with Crippen molar-refractivity contribution in [3.63, 3.8) is 0 Å². The molecule has 0 saturated carbocycles. The summed E-state index contributed by atoms with van der Waals surface area (Å²) in [7, 11) is 0. The van der Waals surface area contributed by atoms with Gasteiger partial charge in [0.25, 0.3) is 0 Å². The summed E-state index contributed by atoms with van der Waals surface area (Å²) in [4.78, 5) is 11.0. The third-order valence-electron chi connectivity index (χ3n) is 2.15. The minimum Gasteiger partial charge on any atom is -0.466 e. The van der Waals surface area contributed by atoms with Gasteiger partial charge >= 0.3 is 5.97 Å². The Morgan fingerprint density at radius 2 is 1.62 bits per heavy atom. The highest BCUT2D eigenvalue weighted by molar-refractivity contribution is 6.67. The maximum absolute atomic E-state index is 11.0. The van der Waals surface area contributed by atoms with Gasteiger partial charge in [-0.25, -0.2) is 0 Å². The molecule has 0 aromatic carbocycles.